The number of methoxy groups -OCH3 is 2. The lowest BCUT2D eigenvalue weighted by molar-refractivity contribution is 0.395. The number of ether oxygens (including phenoxy) is 2. The lowest BCUT2D eigenvalue weighted by Gasteiger charge is -2.11. The lowest BCUT2D eigenvalue weighted by atomic mass is 10.0. The van der Waals surface area contributed by atoms with Gasteiger partial charge in [-0.1, -0.05) is 27.5 Å². The molecule has 0 bridgehead atoms. The average molecular weight is 328 g/mol. The Kier molecular flexibility index (Phi) is 4.15. The molecule has 2 nitrogen and oxygen atoms in total. The standard InChI is InChI=1S/C14H12BrClO2/c1-17-12-3-4-13(14(8-12)18-2)9-5-10(15)7-11(16)6-9/h3-8H,1-2H3. The maximum absolute atomic E-state index is 6.06. The molecule has 0 N–H and O–H groups in total. The molecule has 0 aromatic heterocycles. The molecule has 0 aliphatic carbocycles. The van der Waals surface area contributed by atoms with Crippen LogP contribution in [-0.2, 0) is 0 Å². The van der Waals surface area contributed by atoms with Crippen molar-refractivity contribution in [3.8, 4) is 22.6 Å². The van der Waals surface area contributed by atoms with Crippen molar-refractivity contribution in [3.05, 3.63) is 45.9 Å². The summed E-state index contributed by atoms with van der Waals surface area (Å²) in [7, 11) is 3.27. The molecule has 0 heterocycles. The van der Waals surface area contributed by atoms with Gasteiger partial charge in [-0.2, -0.15) is 0 Å². The first-order valence-corrected chi connectivity index (χ1v) is 6.49. The molecule has 0 fully saturated rings. The molecular formula is C14H12BrClO2. The zero-order chi connectivity index (χ0) is 13.1. The monoisotopic (exact) mass is 326 g/mol. The van der Waals surface area contributed by atoms with Gasteiger partial charge in [-0.05, 0) is 35.9 Å². The molecule has 0 unspecified atom stereocenters. The topological polar surface area (TPSA) is 18.5 Å². The van der Waals surface area contributed by atoms with E-state index < -0.39 is 0 Å². The quantitative estimate of drug-likeness (QED) is 0.807. The first-order valence-electron chi connectivity index (χ1n) is 5.32. The second kappa shape index (κ2) is 5.63. The van der Waals surface area contributed by atoms with E-state index >= 15 is 0 Å². The fourth-order valence-electron chi connectivity index (χ4n) is 1.75. The van der Waals surface area contributed by atoms with Crippen LogP contribution in [0.1, 0.15) is 0 Å². The van der Waals surface area contributed by atoms with E-state index in [0.717, 1.165) is 27.1 Å². The summed E-state index contributed by atoms with van der Waals surface area (Å²) in [5.41, 5.74) is 1.97. The van der Waals surface area contributed by atoms with E-state index in [1.165, 1.54) is 0 Å². The third-order valence-corrected chi connectivity index (χ3v) is 3.26. The van der Waals surface area contributed by atoms with E-state index in [0.29, 0.717) is 5.02 Å². The summed E-state index contributed by atoms with van der Waals surface area (Å²) in [5.74, 6) is 1.51. The normalized spacial score (nSPS) is 10.2. The van der Waals surface area contributed by atoms with Crippen LogP contribution in [0.2, 0.25) is 5.02 Å². The lowest BCUT2D eigenvalue weighted by Crippen LogP contribution is -1.90. The summed E-state index contributed by atoms with van der Waals surface area (Å²) < 4.78 is 11.5. The molecule has 0 saturated carbocycles. The van der Waals surface area contributed by atoms with Crippen molar-refractivity contribution >= 4 is 27.5 Å². The van der Waals surface area contributed by atoms with Gasteiger partial charge in [-0.25, -0.2) is 0 Å². The predicted octanol–water partition coefficient (Wildman–Crippen LogP) is 4.79. The third kappa shape index (κ3) is 2.79. The molecule has 0 amide bonds. The van der Waals surface area contributed by atoms with Crippen LogP contribution in [0.3, 0.4) is 0 Å². The molecule has 18 heavy (non-hydrogen) atoms. The van der Waals surface area contributed by atoms with Crippen LogP contribution in [0.4, 0.5) is 0 Å². The Morgan fingerprint density at radius 1 is 1.00 bits per heavy atom. The molecule has 0 radical (unpaired) electrons. The van der Waals surface area contributed by atoms with Crippen LogP contribution in [-0.4, -0.2) is 14.2 Å². The van der Waals surface area contributed by atoms with Crippen LogP contribution in [0.25, 0.3) is 11.1 Å². The Morgan fingerprint density at radius 2 is 1.78 bits per heavy atom. The van der Waals surface area contributed by atoms with Gasteiger partial charge < -0.3 is 9.47 Å². The Morgan fingerprint density at radius 3 is 2.39 bits per heavy atom. The molecule has 0 aliphatic heterocycles. The highest BCUT2D eigenvalue weighted by molar-refractivity contribution is 9.10. The minimum atomic E-state index is 0.678. The van der Waals surface area contributed by atoms with E-state index in [1.54, 1.807) is 14.2 Å². The molecule has 2 aromatic rings. The molecule has 2 rings (SSSR count). The number of hydrogen-bond acceptors (Lipinski definition) is 2. The minimum absolute atomic E-state index is 0.678. The first-order chi connectivity index (χ1) is 8.63. The molecule has 0 aliphatic rings. The van der Waals surface area contributed by atoms with Gasteiger partial charge in [0.1, 0.15) is 11.5 Å². The van der Waals surface area contributed by atoms with Crippen LogP contribution in [0.15, 0.2) is 40.9 Å². The highest BCUT2D eigenvalue weighted by atomic mass is 79.9. The zero-order valence-corrected chi connectivity index (χ0v) is 12.4. The van der Waals surface area contributed by atoms with Gasteiger partial charge in [0.05, 0.1) is 14.2 Å². The van der Waals surface area contributed by atoms with Gasteiger partial charge >= 0.3 is 0 Å². The Hall–Kier alpha value is -1.19. The van der Waals surface area contributed by atoms with E-state index in [9.17, 15) is 0 Å². The molecular weight excluding hydrogens is 316 g/mol. The van der Waals surface area contributed by atoms with Crippen LogP contribution >= 0.6 is 27.5 Å². The van der Waals surface area contributed by atoms with Gasteiger partial charge in [0.25, 0.3) is 0 Å². The maximum Gasteiger partial charge on any atom is 0.130 e. The SMILES string of the molecule is COc1ccc(-c2cc(Cl)cc(Br)c2)c(OC)c1. The summed E-state index contributed by atoms with van der Waals surface area (Å²) in [6.07, 6.45) is 0. The summed E-state index contributed by atoms with van der Waals surface area (Å²) in [4.78, 5) is 0. The zero-order valence-electron chi connectivity index (χ0n) is 10.0. The predicted molar refractivity (Wildman–Crippen MR) is 77.7 cm³/mol. The van der Waals surface area contributed by atoms with Crippen LogP contribution in [0, 0.1) is 0 Å². The summed E-state index contributed by atoms with van der Waals surface area (Å²) in [5, 5.41) is 0.678. The van der Waals surface area contributed by atoms with Gasteiger partial charge in [0, 0.05) is 21.1 Å². The van der Waals surface area contributed by atoms with Crippen LogP contribution < -0.4 is 9.47 Å². The van der Waals surface area contributed by atoms with Crippen molar-refractivity contribution in [3.63, 3.8) is 0 Å². The van der Waals surface area contributed by atoms with Crippen molar-refractivity contribution in [2.75, 3.05) is 14.2 Å². The fourth-order valence-corrected chi connectivity index (χ4v) is 2.61. The van der Waals surface area contributed by atoms with Gasteiger partial charge in [-0.3, -0.25) is 0 Å². The third-order valence-electron chi connectivity index (χ3n) is 2.58. The number of hydrogen-bond donors (Lipinski definition) is 0. The van der Waals surface area contributed by atoms with E-state index in [-0.39, 0.29) is 0 Å². The second-order valence-corrected chi connectivity index (χ2v) is 5.08. The summed E-state index contributed by atoms with van der Waals surface area (Å²) in [6.45, 7) is 0. The van der Waals surface area contributed by atoms with E-state index in [2.05, 4.69) is 15.9 Å². The van der Waals surface area contributed by atoms with Gasteiger partial charge in [0.15, 0.2) is 0 Å². The second-order valence-electron chi connectivity index (χ2n) is 3.72. The van der Waals surface area contributed by atoms with Crippen molar-refractivity contribution in [2.45, 2.75) is 0 Å². The Balaban J connectivity index is 2.55. The van der Waals surface area contributed by atoms with Crippen molar-refractivity contribution < 1.29 is 9.47 Å². The maximum atomic E-state index is 6.06. The molecule has 2 aromatic carbocycles. The highest BCUT2D eigenvalue weighted by Crippen LogP contribution is 2.35. The van der Waals surface area contributed by atoms with E-state index in [4.69, 9.17) is 21.1 Å². The largest absolute Gasteiger partial charge is 0.497 e. The van der Waals surface area contributed by atoms with Crippen molar-refractivity contribution in [2.24, 2.45) is 0 Å². The first kappa shape index (κ1) is 13.2. The summed E-state index contributed by atoms with van der Waals surface area (Å²) in [6, 6.07) is 11.4. The highest BCUT2D eigenvalue weighted by Gasteiger charge is 2.08. The Bertz CT molecular complexity index is 549. The van der Waals surface area contributed by atoms with Gasteiger partial charge in [0.2, 0.25) is 0 Å². The number of benzene rings is 2. The number of halogens is 2. The smallest absolute Gasteiger partial charge is 0.130 e. The van der Waals surface area contributed by atoms with Crippen LogP contribution in [0.5, 0.6) is 11.5 Å². The molecule has 0 atom stereocenters. The Labute approximate surface area is 120 Å². The fraction of sp³-hybridized carbons (Fsp3) is 0.143. The number of rotatable bonds is 3. The van der Waals surface area contributed by atoms with Crippen molar-refractivity contribution in [1.29, 1.82) is 0 Å². The molecule has 94 valence electrons. The van der Waals surface area contributed by atoms with Crippen molar-refractivity contribution in [1.82, 2.24) is 0 Å². The molecule has 0 spiro atoms. The van der Waals surface area contributed by atoms with Gasteiger partial charge in [-0.15, -0.1) is 0 Å². The average Bonchev–Trinajstić information content (AvgIpc) is 2.36. The van der Waals surface area contributed by atoms with E-state index in [1.807, 2.05) is 36.4 Å². The minimum Gasteiger partial charge on any atom is -0.497 e. The molecule has 4 heteroatoms. The molecule has 0 saturated heterocycles. The summed E-state index contributed by atoms with van der Waals surface area (Å²) >= 11 is 9.49.